The monoisotopic (exact) mass is 343 g/mol. The minimum Gasteiger partial charge on any atom is -0.495 e. The number of fused-ring (bicyclic) bond motifs is 1. The standard InChI is InChI=1S/C12H10N2O2.C6H8FNO/c1-15-11-6-10-8(5-9(11)7-13)3-4-14-12(10)16-2;7-4-5(9)8-3-6(4)1-2-6/h3-6H,1-2H3;4H,1-3H2,(H,8,9). The van der Waals surface area contributed by atoms with E-state index in [4.69, 9.17) is 14.7 Å². The average Bonchev–Trinajstić information content (AvgIpc) is 3.39. The van der Waals surface area contributed by atoms with Crippen LogP contribution in [0, 0.1) is 16.7 Å². The van der Waals surface area contributed by atoms with Crippen LogP contribution in [0.1, 0.15) is 18.4 Å². The first-order chi connectivity index (χ1) is 12.0. The summed E-state index contributed by atoms with van der Waals surface area (Å²) in [5.74, 6) is 0.647. The van der Waals surface area contributed by atoms with Crippen LogP contribution < -0.4 is 14.8 Å². The van der Waals surface area contributed by atoms with Crippen LogP contribution in [-0.4, -0.2) is 37.8 Å². The fraction of sp³-hybridized carbons (Fsp3) is 0.389. The maximum atomic E-state index is 12.7. The molecule has 1 saturated heterocycles. The Morgan fingerprint density at radius 1 is 1.36 bits per heavy atom. The molecular weight excluding hydrogens is 325 g/mol. The fourth-order valence-electron chi connectivity index (χ4n) is 2.90. The van der Waals surface area contributed by atoms with Crippen molar-refractivity contribution in [1.29, 1.82) is 5.26 Å². The Bertz CT molecular complexity index is 859. The van der Waals surface area contributed by atoms with Crippen molar-refractivity contribution in [3.8, 4) is 17.7 Å². The second-order valence-corrected chi connectivity index (χ2v) is 6.15. The van der Waals surface area contributed by atoms with E-state index in [0.717, 1.165) is 23.6 Å². The van der Waals surface area contributed by atoms with Gasteiger partial charge in [-0.15, -0.1) is 0 Å². The SMILES string of the molecule is COc1cc2c(OC)nccc2cc1C#N.O=C1NCC2(CC2)C1F. The summed E-state index contributed by atoms with van der Waals surface area (Å²) in [6, 6.07) is 7.45. The van der Waals surface area contributed by atoms with Crippen LogP contribution >= 0.6 is 0 Å². The highest BCUT2D eigenvalue weighted by Gasteiger charge is 2.57. The molecule has 1 N–H and O–H groups in total. The van der Waals surface area contributed by atoms with E-state index >= 15 is 0 Å². The van der Waals surface area contributed by atoms with Gasteiger partial charge in [-0.3, -0.25) is 4.79 Å². The van der Waals surface area contributed by atoms with E-state index in [0.29, 0.717) is 23.7 Å². The van der Waals surface area contributed by atoms with E-state index in [1.807, 2.05) is 6.07 Å². The highest BCUT2D eigenvalue weighted by atomic mass is 19.1. The molecule has 6 nitrogen and oxygen atoms in total. The molecule has 7 heteroatoms. The highest BCUT2D eigenvalue weighted by molar-refractivity contribution is 5.89. The number of halogens is 1. The summed E-state index contributed by atoms with van der Waals surface area (Å²) in [7, 11) is 3.09. The van der Waals surface area contributed by atoms with Crippen molar-refractivity contribution in [3.05, 3.63) is 30.0 Å². The lowest BCUT2D eigenvalue weighted by molar-refractivity contribution is -0.124. The Kier molecular flexibility index (Phi) is 4.45. The average molecular weight is 343 g/mol. The van der Waals surface area contributed by atoms with Crippen molar-refractivity contribution in [1.82, 2.24) is 10.3 Å². The molecule has 1 saturated carbocycles. The minimum absolute atomic E-state index is 0.253. The number of alkyl halides is 1. The summed E-state index contributed by atoms with van der Waals surface area (Å²) >= 11 is 0. The number of hydrogen-bond acceptors (Lipinski definition) is 5. The third kappa shape index (κ3) is 3.07. The van der Waals surface area contributed by atoms with Crippen LogP contribution in [0.5, 0.6) is 11.6 Å². The Balaban J connectivity index is 0.000000170. The predicted octanol–water partition coefficient (Wildman–Crippen LogP) is 2.36. The molecule has 2 aromatic rings. The molecule has 130 valence electrons. The lowest BCUT2D eigenvalue weighted by Crippen LogP contribution is -2.20. The number of amides is 1. The van der Waals surface area contributed by atoms with Gasteiger partial charge in [0.15, 0.2) is 6.17 Å². The lowest BCUT2D eigenvalue weighted by Gasteiger charge is -2.07. The van der Waals surface area contributed by atoms with E-state index in [-0.39, 0.29) is 5.41 Å². The number of nitriles is 1. The number of benzene rings is 1. The zero-order valence-electron chi connectivity index (χ0n) is 14.0. The predicted molar refractivity (Wildman–Crippen MR) is 89.1 cm³/mol. The molecule has 1 unspecified atom stereocenters. The summed E-state index contributed by atoms with van der Waals surface area (Å²) in [6.07, 6.45) is 2.20. The molecule has 25 heavy (non-hydrogen) atoms. The molecule has 2 heterocycles. The van der Waals surface area contributed by atoms with Gasteiger partial charge in [-0.25, -0.2) is 9.37 Å². The van der Waals surface area contributed by atoms with Crippen LogP contribution in [-0.2, 0) is 4.79 Å². The van der Waals surface area contributed by atoms with Crippen molar-refractivity contribution in [2.45, 2.75) is 19.0 Å². The van der Waals surface area contributed by atoms with Crippen molar-refractivity contribution in [2.24, 2.45) is 5.41 Å². The van der Waals surface area contributed by atoms with Crippen molar-refractivity contribution >= 4 is 16.7 Å². The zero-order valence-corrected chi connectivity index (χ0v) is 14.0. The molecule has 4 rings (SSSR count). The number of pyridine rings is 1. The number of aromatic nitrogens is 1. The molecule has 2 fully saturated rings. The Labute approximate surface area is 144 Å². The first-order valence-electron chi connectivity index (χ1n) is 7.87. The second kappa shape index (κ2) is 6.55. The number of carbonyl (C=O) groups is 1. The minimum atomic E-state index is -1.21. The first kappa shape index (κ1) is 17.0. The van der Waals surface area contributed by atoms with E-state index in [1.54, 1.807) is 25.4 Å². The van der Waals surface area contributed by atoms with Gasteiger partial charge < -0.3 is 14.8 Å². The number of methoxy groups -OCH3 is 2. The smallest absolute Gasteiger partial charge is 0.255 e. The van der Waals surface area contributed by atoms with E-state index in [2.05, 4.69) is 16.4 Å². The molecule has 0 radical (unpaired) electrons. The van der Waals surface area contributed by atoms with Crippen LogP contribution in [0.25, 0.3) is 10.8 Å². The quantitative estimate of drug-likeness (QED) is 0.905. The summed E-state index contributed by atoms with van der Waals surface area (Å²) in [6.45, 7) is 0.562. The molecule has 1 aromatic carbocycles. The van der Waals surface area contributed by atoms with Crippen LogP contribution in [0.2, 0.25) is 0 Å². The van der Waals surface area contributed by atoms with Crippen molar-refractivity contribution in [3.63, 3.8) is 0 Å². The zero-order chi connectivity index (χ0) is 18.0. The normalized spacial score (nSPS) is 19.6. The maximum Gasteiger partial charge on any atom is 0.255 e. The Hall–Kier alpha value is -2.88. The molecule has 1 amide bonds. The number of ether oxygens (including phenoxy) is 2. The Morgan fingerprint density at radius 2 is 2.12 bits per heavy atom. The van der Waals surface area contributed by atoms with Crippen molar-refractivity contribution in [2.75, 3.05) is 20.8 Å². The number of rotatable bonds is 2. The topological polar surface area (TPSA) is 84.2 Å². The van der Waals surface area contributed by atoms with Crippen LogP contribution in [0.15, 0.2) is 24.4 Å². The summed E-state index contributed by atoms with van der Waals surface area (Å²) < 4.78 is 23.0. The van der Waals surface area contributed by atoms with Crippen LogP contribution in [0.4, 0.5) is 4.39 Å². The van der Waals surface area contributed by atoms with E-state index < -0.39 is 12.1 Å². The van der Waals surface area contributed by atoms with E-state index in [9.17, 15) is 9.18 Å². The third-order valence-corrected chi connectivity index (χ3v) is 4.64. The second-order valence-electron chi connectivity index (χ2n) is 6.15. The largest absolute Gasteiger partial charge is 0.495 e. The molecule has 1 aliphatic carbocycles. The summed E-state index contributed by atoms with van der Waals surface area (Å²) in [5, 5.41) is 13.2. The third-order valence-electron chi connectivity index (χ3n) is 4.64. The highest BCUT2D eigenvalue weighted by Crippen LogP contribution is 2.51. The molecule has 1 aliphatic heterocycles. The number of carbonyl (C=O) groups excluding carboxylic acids is 1. The first-order valence-corrected chi connectivity index (χ1v) is 7.87. The molecule has 2 aliphatic rings. The van der Waals surface area contributed by atoms with Gasteiger partial charge in [-0.1, -0.05) is 0 Å². The number of hydrogen-bond donors (Lipinski definition) is 1. The Morgan fingerprint density at radius 3 is 2.60 bits per heavy atom. The van der Waals surface area contributed by atoms with Gasteiger partial charge in [0.1, 0.15) is 11.8 Å². The molecular formula is C18H18FN3O3. The van der Waals surface area contributed by atoms with Gasteiger partial charge >= 0.3 is 0 Å². The molecule has 1 spiro atoms. The van der Waals surface area contributed by atoms with Gasteiger partial charge in [-0.2, -0.15) is 5.26 Å². The van der Waals surface area contributed by atoms with Gasteiger partial charge in [0, 0.05) is 23.5 Å². The van der Waals surface area contributed by atoms with Gasteiger partial charge in [-0.05, 0) is 36.4 Å². The van der Waals surface area contributed by atoms with Crippen LogP contribution in [0.3, 0.4) is 0 Å². The summed E-state index contributed by atoms with van der Waals surface area (Å²) in [5.41, 5.74) is 0.250. The molecule has 1 atom stereocenters. The fourth-order valence-corrected chi connectivity index (χ4v) is 2.90. The van der Waals surface area contributed by atoms with Crippen molar-refractivity contribution < 1.29 is 18.7 Å². The molecule has 1 aromatic heterocycles. The number of nitrogens with one attached hydrogen (secondary N) is 1. The lowest BCUT2D eigenvalue weighted by atomic mass is 10.1. The molecule has 0 bridgehead atoms. The van der Waals surface area contributed by atoms with Gasteiger partial charge in [0.25, 0.3) is 5.91 Å². The van der Waals surface area contributed by atoms with E-state index in [1.165, 1.54) is 7.11 Å². The van der Waals surface area contributed by atoms with Gasteiger partial charge in [0.2, 0.25) is 5.88 Å². The van der Waals surface area contributed by atoms with Gasteiger partial charge in [0.05, 0.1) is 19.8 Å². The summed E-state index contributed by atoms with van der Waals surface area (Å²) in [4.78, 5) is 14.6. The number of nitrogens with zero attached hydrogens (tertiary/aromatic N) is 2. The maximum absolute atomic E-state index is 12.7.